The highest BCUT2D eigenvalue weighted by Gasteiger charge is 2.09. The van der Waals surface area contributed by atoms with Gasteiger partial charge in [0, 0.05) is 6.92 Å². The van der Waals surface area contributed by atoms with Crippen LogP contribution in [0.5, 0.6) is 0 Å². The number of allylic oxidation sites excluding steroid dienone is 5. The molecule has 1 atom stereocenters. The molecule has 0 saturated carbocycles. The highest BCUT2D eigenvalue weighted by atomic mass is 16.5. The standard InChI is InChI=1S/C15H24O2/c1-4-6-7-8-9-10-11-13-15(12-5-2)17-14(3)16/h4,6-9,15H,1,5,10-13H2,2-3H3/b7-6+,9-8+. The van der Waals surface area contributed by atoms with Crippen LogP contribution in [0.1, 0.15) is 46.0 Å². The van der Waals surface area contributed by atoms with E-state index in [4.69, 9.17) is 4.74 Å². The van der Waals surface area contributed by atoms with Crippen molar-refractivity contribution in [3.63, 3.8) is 0 Å². The van der Waals surface area contributed by atoms with Crippen LogP contribution in [-0.2, 0) is 9.53 Å². The van der Waals surface area contributed by atoms with Crippen molar-refractivity contribution in [3.8, 4) is 0 Å². The molecule has 0 spiro atoms. The molecule has 0 aromatic rings. The van der Waals surface area contributed by atoms with E-state index in [1.54, 1.807) is 6.08 Å². The molecule has 0 rings (SSSR count). The van der Waals surface area contributed by atoms with E-state index in [0.29, 0.717) is 0 Å². The lowest BCUT2D eigenvalue weighted by atomic mass is 10.1. The smallest absolute Gasteiger partial charge is 0.302 e. The van der Waals surface area contributed by atoms with Crippen LogP contribution in [0.3, 0.4) is 0 Å². The van der Waals surface area contributed by atoms with Gasteiger partial charge >= 0.3 is 5.97 Å². The summed E-state index contributed by atoms with van der Waals surface area (Å²) in [7, 11) is 0. The Morgan fingerprint density at radius 3 is 2.65 bits per heavy atom. The Morgan fingerprint density at radius 1 is 1.29 bits per heavy atom. The van der Waals surface area contributed by atoms with Gasteiger partial charge in [0.15, 0.2) is 0 Å². The Bertz CT molecular complexity index is 264. The molecule has 0 amide bonds. The van der Waals surface area contributed by atoms with Crippen LogP contribution in [-0.4, -0.2) is 12.1 Å². The van der Waals surface area contributed by atoms with Crippen molar-refractivity contribution in [2.24, 2.45) is 0 Å². The summed E-state index contributed by atoms with van der Waals surface area (Å²) >= 11 is 0. The predicted octanol–water partition coefficient (Wildman–Crippen LogP) is 4.19. The highest BCUT2D eigenvalue weighted by molar-refractivity contribution is 5.66. The van der Waals surface area contributed by atoms with E-state index in [-0.39, 0.29) is 12.1 Å². The summed E-state index contributed by atoms with van der Waals surface area (Å²) in [6, 6.07) is 0. The average molecular weight is 236 g/mol. The number of hydrogen-bond donors (Lipinski definition) is 0. The average Bonchev–Trinajstić information content (AvgIpc) is 2.27. The van der Waals surface area contributed by atoms with Crippen LogP contribution in [0, 0.1) is 0 Å². The lowest BCUT2D eigenvalue weighted by molar-refractivity contribution is -0.147. The van der Waals surface area contributed by atoms with Crippen molar-refractivity contribution in [1.82, 2.24) is 0 Å². The molecule has 0 heterocycles. The summed E-state index contributed by atoms with van der Waals surface area (Å²) in [6.45, 7) is 7.18. The van der Waals surface area contributed by atoms with Crippen LogP contribution in [0.15, 0.2) is 37.0 Å². The summed E-state index contributed by atoms with van der Waals surface area (Å²) in [6.07, 6.45) is 14.9. The van der Waals surface area contributed by atoms with Crippen molar-refractivity contribution >= 4 is 5.97 Å². The Labute approximate surface area is 105 Å². The van der Waals surface area contributed by atoms with Gasteiger partial charge in [-0.2, -0.15) is 0 Å². The number of esters is 1. The van der Waals surface area contributed by atoms with Gasteiger partial charge in [-0.1, -0.05) is 50.3 Å². The lowest BCUT2D eigenvalue weighted by Crippen LogP contribution is -2.15. The van der Waals surface area contributed by atoms with E-state index in [2.05, 4.69) is 19.6 Å². The fraction of sp³-hybridized carbons (Fsp3) is 0.533. The number of ether oxygens (including phenoxy) is 1. The van der Waals surface area contributed by atoms with Crippen LogP contribution in [0.4, 0.5) is 0 Å². The zero-order chi connectivity index (χ0) is 12.9. The summed E-state index contributed by atoms with van der Waals surface area (Å²) < 4.78 is 5.25. The topological polar surface area (TPSA) is 26.3 Å². The van der Waals surface area contributed by atoms with E-state index in [1.165, 1.54) is 6.92 Å². The second kappa shape index (κ2) is 11.2. The van der Waals surface area contributed by atoms with Gasteiger partial charge in [-0.25, -0.2) is 0 Å². The Hall–Kier alpha value is -1.31. The van der Waals surface area contributed by atoms with E-state index in [0.717, 1.165) is 32.1 Å². The van der Waals surface area contributed by atoms with Gasteiger partial charge in [0.1, 0.15) is 6.10 Å². The fourth-order valence-electron chi connectivity index (χ4n) is 1.60. The molecule has 0 aromatic carbocycles. The first kappa shape index (κ1) is 15.7. The Kier molecular flexibility index (Phi) is 10.3. The minimum Gasteiger partial charge on any atom is -0.463 e. The Morgan fingerprint density at radius 2 is 2.06 bits per heavy atom. The highest BCUT2D eigenvalue weighted by Crippen LogP contribution is 2.11. The van der Waals surface area contributed by atoms with E-state index < -0.39 is 0 Å². The first-order valence-electron chi connectivity index (χ1n) is 6.32. The third-order valence-electron chi connectivity index (χ3n) is 2.33. The maximum atomic E-state index is 10.9. The van der Waals surface area contributed by atoms with Gasteiger partial charge in [0.25, 0.3) is 0 Å². The second-order valence-electron chi connectivity index (χ2n) is 4.00. The van der Waals surface area contributed by atoms with E-state index >= 15 is 0 Å². The predicted molar refractivity (Wildman–Crippen MR) is 72.8 cm³/mol. The molecule has 1 unspecified atom stereocenters. The zero-order valence-corrected chi connectivity index (χ0v) is 11.0. The zero-order valence-electron chi connectivity index (χ0n) is 11.0. The van der Waals surface area contributed by atoms with Crippen LogP contribution < -0.4 is 0 Å². The van der Waals surface area contributed by atoms with Crippen molar-refractivity contribution in [3.05, 3.63) is 37.0 Å². The van der Waals surface area contributed by atoms with Gasteiger partial charge in [-0.05, 0) is 25.7 Å². The third-order valence-corrected chi connectivity index (χ3v) is 2.33. The molecular formula is C15H24O2. The number of rotatable bonds is 9. The van der Waals surface area contributed by atoms with Gasteiger partial charge in [-0.3, -0.25) is 4.79 Å². The molecule has 96 valence electrons. The number of unbranched alkanes of at least 4 members (excludes halogenated alkanes) is 1. The van der Waals surface area contributed by atoms with E-state index in [1.807, 2.05) is 18.2 Å². The molecule has 0 aliphatic heterocycles. The molecule has 0 bridgehead atoms. The molecular weight excluding hydrogens is 212 g/mol. The minimum atomic E-state index is -0.173. The SMILES string of the molecule is C=C/C=C/C=C/CCCC(CCC)OC(C)=O. The molecule has 0 saturated heterocycles. The fourth-order valence-corrected chi connectivity index (χ4v) is 1.60. The molecule has 0 aliphatic carbocycles. The molecule has 2 nitrogen and oxygen atoms in total. The number of carbonyl (C=O) groups excluding carboxylic acids is 1. The van der Waals surface area contributed by atoms with Gasteiger partial charge < -0.3 is 4.74 Å². The van der Waals surface area contributed by atoms with Crippen molar-refractivity contribution in [1.29, 1.82) is 0 Å². The minimum absolute atomic E-state index is 0.0922. The second-order valence-corrected chi connectivity index (χ2v) is 4.00. The molecule has 0 N–H and O–H groups in total. The van der Waals surface area contributed by atoms with Crippen molar-refractivity contribution in [2.45, 2.75) is 52.1 Å². The van der Waals surface area contributed by atoms with Gasteiger partial charge in [-0.15, -0.1) is 0 Å². The quantitative estimate of drug-likeness (QED) is 0.341. The van der Waals surface area contributed by atoms with Crippen LogP contribution in [0.25, 0.3) is 0 Å². The van der Waals surface area contributed by atoms with Crippen molar-refractivity contribution < 1.29 is 9.53 Å². The normalized spacial score (nSPS) is 13.1. The number of carbonyl (C=O) groups is 1. The summed E-state index contributed by atoms with van der Waals surface area (Å²) in [5.74, 6) is -0.173. The van der Waals surface area contributed by atoms with Crippen LogP contribution >= 0.6 is 0 Å². The van der Waals surface area contributed by atoms with E-state index in [9.17, 15) is 4.79 Å². The van der Waals surface area contributed by atoms with Crippen molar-refractivity contribution in [2.75, 3.05) is 0 Å². The summed E-state index contributed by atoms with van der Waals surface area (Å²) in [4.78, 5) is 10.9. The first-order valence-corrected chi connectivity index (χ1v) is 6.32. The lowest BCUT2D eigenvalue weighted by Gasteiger charge is -2.15. The first-order chi connectivity index (χ1) is 8.20. The largest absolute Gasteiger partial charge is 0.463 e. The molecule has 0 aromatic heterocycles. The molecule has 2 heteroatoms. The molecule has 0 aliphatic rings. The van der Waals surface area contributed by atoms with Gasteiger partial charge in [0.2, 0.25) is 0 Å². The molecule has 0 radical (unpaired) electrons. The van der Waals surface area contributed by atoms with Crippen LogP contribution in [0.2, 0.25) is 0 Å². The Balaban J connectivity index is 3.73. The maximum absolute atomic E-state index is 10.9. The van der Waals surface area contributed by atoms with Gasteiger partial charge in [0.05, 0.1) is 0 Å². The third kappa shape index (κ3) is 11.0. The maximum Gasteiger partial charge on any atom is 0.302 e. The molecule has 17 heavy (non-hydrogen) atoms. The number of hydrogen-bond acceptors (Lipinski definition) is 2. The summed E-state index contributed by atoms with van der Waals surface area (Å²) in [5, 5.41) is 0. The summed E-state index contributed by atoms with van der Waals surface area (Å²) in [5.41, 5.74) is 0. The molecule has 0 fully saturated rings. The monoisotopic (exact) mass is 236 g/mol.